The van der Waals surface area contributed by atoms with E-state index < -0.39 is 0 Å². The summed E-state index contributed by atoms with van der Waals surface area (Å²) in [5, 5.41) is 1.57. The van der Waals surface area contributed by atoms with Gasteiger partial charge in [0, 0.05) is 23.6 Å². The number of hydrogen-bond donors (Lipinski definition) is 0. The molecular formula is C16H29NO2S2. The zero-order valence-corrected chi connectivity index (χ0v) is 15.2. The number of nitrogens with zero attached hydrogens (tertiary/aromatic N) is 1. The second-order valence-electron chi connectivity index (χ2n) is 7.12. The van der Waals surface area contributed by atoms with Gasteiger partial charge in [-0.3, -0.25) is 0 Å². The highest BCUT2D eigenvalue weighted by atomic mass is 33.1. The summed E-state index contributed by atoms with van der Waals surface area (Å²) < 4.78 is 5.44. The van der Waals surface area contributed by atoms with Crippen molar-refractivity contribution in [3.8, 4) is 0 Å². The third-order valence-electron chi connectivity index (χ3n) is 3.97. The first kappa shape index (κ1) is 17.3. The van der Waals surface area contributed by atoms with Crippen LogP contribution in [0, 0.1) is 0 Å². The molecule has 0 spiro atoms. The van der Waals surface area contributed by atoms with Crippen LogP contribution in [0.15, 0.2) is 0 Å². The molecule has 122 valence electrons. The summed E-state index contributed by atoms with van der Waals surface area (Å²) >= 11 is 0. The Labute approximate surface area is 137 Å². The summed E-state index contributed by atoms with van der Waals surface area (Å²) in [5.41, 5.74) is -0.389. The monoisotopic (exact) mass is 331 g/mol. The number of likely N-dealkylation sites (tertiary alicyclic amines) is 1. The van der Waals surface area contributed by atoms with Crippen LogP contribution in [0.5, 0.6) is 0 Å². The normalized spacial score (nSPS) is 22.3. The Morgan fingerprint density at radius 3 is 2.00 bits per heavy atom. The summed E-state index contributed by atoms with van der Waals surface area (Å²) in [4.78, 5) is 13.9. The minimum atomic E-state index is -0.389. The predicted molar refractivity (Wildman–Crippen MR) is 92.9 cm³/mol. The van der Waals surface area contributed by atoms with E-state index in [4.69, 9.17) is 4.74 Å². The number of carbonyl (C=O) groups is 1. The number of ether oxygens (including phenoxy) is 1. The lowest BCUT2D eigenvalue weighted by atomic mass is 10.0. The van der Waals surface area contributed by atoms with E-state index in [0.29, 0.717) is 5.25 Å². The van der Waals surface area contributed by atoms with Crippen molar-refractivity contribution in [3.63, 3.8) is 0 Å². The van der Waals surface area contributed by atoms with Gasteiger partial charge in [0.15, 0.2) is 0 Å². The van der Waals surface area contributed by atoms with Crippen molar-refractivity contribution in [2.24, 2.45) is 0 Å². The fourth-order valence-corrected chi connectivity index (χ4v) is 6.12. The van der Waals surface area contributed by atoms with Gasteiger partial charge in [0.1, 0.15) is 5.60 Å². The molecule has 0 aromatic heterocycles. The Bertz CT molecular complexity index is 330. The fourth-order valence-electron chi connectivity index (χ4n) is 2.78. The van der Waals surface area contributed by atoms with Crippen molar-refractivity contribution in [1.82, 2.24) is 4.90 Å². The zero-order valence-electron chi connectivity index (χ0n) is 13.6. The van der Waals surface area contributed by atoms with Crippen LogP contribution in [0.1, 0.15) is 65.7 Å². The topological polar surface area (TPSA) is 29.5 Å². The molecule has 5 heteroatoms. The average molecular weight is 332 g/mol. The standard InChI is InChI=1S/C16H29NO2S2/c1-16(2,3)19-15(18)17-11-9-14(10-12-17)21-20-13-7-5-4-6-8-13/h13-14H,4-12H2,1-3H3. The van der Waals surface area contributed by atoms with E-state index in [0.717, 1.165) is 31.2 Å². The van der Waals surface area contributed by atoms with Gasteiger partial charge < -0.3 is 9.64 Å². The molecule has 2 fully saturated rings. The molecule has 1 amide bonds. The highest BCUT2D eigenvalue weighted by molar-refractivity contribution is 8.77. The maximum atomic E-state index is 12.0. The van der Waals surface area contributed by atoms with Gasteiger partial charge in [-0.2, -0.15) is 0 Å². The highest BCUT2D eigenvalue weighted by Crippen LogP contribution is 2.41. The highest BCUT2D eigenvalue weighted by Gasteiger charge is 2.27. The predicted octanol–water partition coefficient (Wildman–Crippen LogP) is 5.10. The SMILES string of the molecule is CC(C)(C)OC(=O)N1CCC(SSC2CCCCC2)CC1. The molecule has 0 radical (unpaired) electrons. The first-order valence-corrected chi connectivity index (χ1v) is 10.5. The van der Waals surface area contributed by atoms with E-state index in [1.807, 2.05) is 25.7 Å². The van der Waals surface area contributed by atoms with Crippen molar-refractivity contribution >= 4 is 27.7 Å². The summed E-state index contributed by atoms with van der Waals surface area (Å²) in [7, 11) is 4.17. The molecule has 2 rings (SSSR count). The fraction of sp³-hybridized carbons (Fsp3) is 0.938. The van der Waals surface area contributed by atoms with Crippen molar-refractivity contribution in [3.05, 3.63) is 0 Å². The van der Waals surface area contributed by atoms with E-state index in [2.05, 4.69) is 21.6 Å². The average Bonchev–Trinajstić information content (AvgIpc) is 2.45. The maximum Gasteiger partial charge on any atom is 0.410 e. The molecule has 0 atom stereocenters. The van der Waals surface area contributed by atoms with Crippen LogP contribution < -0.4 is 0 Å². The number of amides is 1. The Balaban J connectivity index is 1.64. The van der Waals surface area contributed by atoms with Gasteiger partial charge >= 0.3 is 6.09 Å². The lowest BCUT2D eigenvalue weighted by Crippen LogP contribution is -2.42. The van der Waals surface area contributed by atoms with Crippen LogP contribution in [0.2, 0.25) is 0 Å². The molecular weight excluding hydrogens is 302 g/mol. The lowest BCUT2D eigenvalue weighted by molar-refractivity contribution is 0.0219. The van der Waals surface area contributed by atoms with Crippen molar-refractivity contribution < 1.29 is 9.53 Å². The minimum absolute atomic E-state index is 0.147. The molecule has 1 saturated carbocycles. The Hall–Kier alpha value is -0.0300. The van der Waals surface area contributed by atoms with Crippen LogP contribution in [0.3, 0.4) is 0 Å². The number of carbonyl (C=O) groups excluding carboxylic acids is 1. The first-order chi connectivity index (χ1) is 9.94. The van der Waals surface area contributed by atoms with Gasteiger partial charge in [-0.25, -0.2) is 4.79 Å². The summed E-state index contributed by atoms with van der Waals surface area (Å²) in [6, 6.07) is 0. The number of rotatable bonds is 3. The summed E-state index contributed by atoms with van der Waals surface area (Å²) in [6.07, 6.45) is 9.10. The van der Waals surface area contributed by atoms with Gasteiger partial charge in [0.05, 0.1) is 0 Å². The molecule has 1 saturated heterocycles. The van der Waals surface area contributed by atoms with E-state index in [9.17, 15) is 4.79 Å². The van der Waals surface area contributed by atoms with Crippen LogP contribution in [0.4, 0.5) is 4.79 Å². The van der Waals surface area contributed by atoms with Crippen molar-refractivity contribution in [1.29, 1.82) is 0 Å². The molecule has 0 unspecified atom stereocenters. The largest absolute Gasteiger partial charge is 0.444 e. The van der Waals surface area contributed by atoms with Crippen molar-refractivity contribution in [2.75, 3.05) is 13.1 Å². The molecule has 2 aliphatic rings. The van der Waals surface area contributed by atoms with Gasteiger partial charge in [-0.15, -0.1) is 0 Å². The van der Waals surface area contributed by atoms with Crippen LogP contribution in [0.25, 0.3) is 0 Å². The summed E-state index contributed by atoms with van der Waals surface area (Å²) in [6.45, 7) is 7.46. The molecule has 0 aromatic carbocycles. The van der Waals surface area contributed by atoms with E-state index in [1.54, 1.807) is 0 Å². The van der Waals surface area contributed by atoms with E-state index in [1.165, 1.54) is 32.1 Å². The molecule has 1 aliphatic heterocycles. The zero-order chi connectivity index (χ0) is 15.3. The second-order valence-corrected chi connectivity index (χ2v) is 9.99. The Morgan fingerprint density at radius 2 is 1.48 bits per heavy atom. The van der Waals surface area contributed by atoms with Gasteiger partial charge in [-0.1, -0.05) is 40.9 Å². The first-order valence-electron chi connectivity index (χ1n) is 8.24. The summed E-state index contributed by atoms with van der Waals surface area (Å²) in [5.74, 6) is 0. The third-order valence-corrected chi connectivity index (χ3v) is 7.54. The van der Waals surface area contributed by atoms with Crippen molar-refractivity contribution in [2.45, 2.75) is 81.8 Å². The maximum absolute atomic E-state index is 12.0. The molecule has 21 heavy (non-hydrogen) atoms. The molecule has 0 aromatic rings. The molecule has 1 heterocycles. The number of piperidine rings is 1. The Kier molecular flexibility index (Phi) is 6.60. The molecule has 0 N–H and O–H groups in total. The smallest absolute Gasteiger partial charge is 0.410 e. The molecule has 0 bridgehead atoms. The quantitative estimate of drug-likeness (QED) is 0.673. The van der Waals surface area contributed by atoms with Gasteiger partial charge in [0.2, 0.25) is 0 Å². The third kappa shape index (κ3) is 6.31. The second kappa shape index (κ2) is 8.00. The molecule has 1 aliphatic carbocycles. The lowest BCUT2D eigenvalue weighted by Gasteiger charge is -2.33. The van der Waals surface area contributed by atoms with Crippen LogP contribution in [-0.4, -0.2) is 40.2 Å². The minimum Gasteiger partial charge on any atom is -0.444 e. The van der Waals surface area contributed by atoms with E-state index in [-0.39, 0.29) is 11.7 Å². The van der Waals surface area contributed by atoms with Crippen LogP contribution >= 0.6 is 21.6 Å². The van der Waals surface area contributed by atoms with E-state index >= 15 is 0 Å². The van der Waals surface area contributed by atoms with Gasteiger partial charge in [0.25, 0.3) is 0 Å². The Morgan fingerprint density at radius 1 is 0.952 bits per heavy atom. The number of hydrogen-bond acceptors (Lipinski definition) is 4. The van der Waals surface area contributed by atoms with Crippen LogP contribution in [-0.2, 0) is 4.74 Å². The molecule has 3 nitrogen and oxygen atoms in total. The van der Waals surface area contributed by atoms with Gasteiger partial charge in [-0.05, 0) is 46.5 Å².